The lowest BCUT2D eigenvalue weighted by atomic mass is 10.0. The number of hydrogen-bond donors (Lipinski definition) is 2. The first-order chi connectivity index (χ1) is 12.7. The predicted octanol–water partition coefficient (Wildman–Crippen LogP) is 3.42. The number of pyridine rings is 1. The molecule has 1 aliphatic heterocycles. The summed E-state index contributed by atoms with van der Waals surface area (Å²) in [6.45, 7) is 9.35. The lowest BCUT2D eigenvalue weighted by Gasteiger charge is -2.33. The first-order valence-corrected chi connectivity index (χ1v) is 10.0. The predicted molar refractivity (Wildman–Crippen MR) is 123 cm³/mol. The number of hydrogen-bond acceptors (Lipinski definition) is 4. The standard InChI is InChI=1S/C20H35N5O.HI/c1-4-6-11-25-12-9-18(10-13-25)24-20(21-3)23-16-17-7-8-19(22-15-17)26-14-5-2;/h7-8,15,18H,4-6,9-14,16H2,1-3H3,(H2,21,23,24);1H. The number of rotatable bonds is 9. The molecular weight excluding hydrogens is 453 g/mol. The van der Waals surface area contributed by atoms with Crippen molar-refractivity contribution in [2.75, 3.05) is 33.3 Å². The van der Waals surface area contributed by atoms with Crippen LogP contribution in [0.2, 0.25) is 0 Å². The fourth-order valence-electron chi connectivity index (χ4n) is 3.06. The fourth-order valence-corrected chi connectivity index (χ4v) is 3.06. The normalized spacial score (nSPS) is 15.9. The van der Waals surface area contributed by atoms with Crippen LogP contribution in [-0.4, -0.2) is 55.2 Å². The average molecular weight is 489 g/mol. The number of nitrogens with one attached hydrogen (secondary N) is 2. The lowest BCUT2D eigenvalue weighted by Crippen LogP contribution is -2.48. The van der Waals surface area contributed by atoms with Gasteiger partial charge in [-0.3, -0.25) is 4.99 Å². The van der Waals surface area contributed by atoms with Crippen molar-refractivity contribution in [1.82, 2.24) is 20.5 Å². The van der Waals surface area contributed by atoms with Gasteiger partial charge in [-0.05, 0) is 37.8 Å². The van der Waals surface area contributed by atoms with Gasteiger partial charge in [0.05, 0.1) is 6.61 Å². The molecule has 0 atom stereocenters. The van der Waals surface area contributed by atoms with Crippen LogP contribution in [0.25, 0.3) is 0 Å². The molecule has 1 aromatic rings. The number of piperidine rings is 1. The molecule has 0 aromatic carbocycles. The van der Waals surface area contributed by atoms with Crippen LogP contribution < -0.4 is 15.4 Å². The minimum Gasteiger partial charge on any atom is -0.478 e. The summed E-state index contributed by atoms with van der Waals surface area (Å²) in [6.07, 6.45) is 7.78. The smallest absolute Gasteiger partial charge is 0.213 e. The zero-order chi connectivity index (χ0) is 18.6. The van der Waals surface area contributed by atoms with Gasteiger partial charge >= 0.3 is 0 Å². The molecule has 2 N–H and O–H groups in total. The zero-order valence-corrected chi connectivity index (χ0v) is 19.4. The molecule has 1 saturated heterocycles. The fraction of sp³-hybridized carbons (Fsp3) is 0.700. The molecule has 1 aromatic heterocycles. The quantitative estimate of drug-likeness (QED) is 0.316. The monoisotopic (exact) mass is 489 g/mol. The molecule has 0 aliphatic carbocycles. The van der Waals surface area contributed by atoms with Crippen LogP contribution in [0.15, 0.2) is 23.3 Å². The van der Waals surface area contributed by atoms with Crippen LogP contribution in [0.4, 0.5) is 0 Å². The van der Waals surface area contributed by atoms with E-state index in [2.05, 4.69) is 39.4 Å². The van der Waals surface area contributed by atoms with Crippen molar-refractivity contribution in [3.63, 3.8) is 0 Å². The molecule has 0 saturated carbocycles. The number of aromatic nitrogens is 1. The largest absolute Gasteiger partial charge is 0.478 e. The first kappa shape index (κ1) is 23.9. The van der Waals surface area contributed by atoms with E-state index in [9.17, 15) is 0 Å². The number of nitrogens with zero attached hydrogens (tertiary/aromatic N) is 3. The van der Waals surface area contributed by atoms with E-state index in [4.69, 9.17) is 4.74 Å². The SMILES string of the molecule is CCCCN1CCC(NC(=NC)NCc2ccc(OCCC)nc2)CC1.I. The molecule has 0 spiro atoms. The van der Waals surface area contributed by atoms with Crippen LogP contribution in [0.1, 0.15) is 51.5 Å². The molecule has 0 amide bonds. The Labute approximate surface area is 181 Å². The molecule has 2 heterocycles. The summed E-state index contributed by atoms with van der Waals surface area (Å²) in [4.78, 5) is 11.3. The van der Waals surface area contributed by atoms with Crippen molar-refractivity contribution >= 4 is 29.9 Å². The maximum atomic E-state index is 5.52. The second kappa shape index (κ2) is 14.0. The summed E-state index contributed by atoms with van der Waals surface area (Å²) in [7, 11) is 1.83. The van der Waals surface area contributed by atoms with Gasteiger partial charge in [0, 0.05) is 45.0 Å². The van der Waals surface area contributed by atoms with Gasteiger partial charge in [0.1, 0.15) is 0 Å². The van der Waals surface area contributed by atoms with Crippen molar-refractivity contribution in [2.24, 2.45) is 4.99 Å². The highest BCUT2D eigenvalue weighted by molar-refractivity contribution is 14.0. The topological polar surface area (TPSA) is 61.8 Å². The van der Waals surface area contributed by atoms with Crippen LogP contribution in [0.3, 0.4) is 0 Å². The molecule has 0 bridgehead atoms. The number of guanidine groups is 1. The van der Waals surface area contributed by atoms with Crippen molar-refractivity contribution < 1.29 is 4.74 Å². The van der Waals surface area contributed by atoms with E-state index in [1.807, 2.05) is 25.4 Å². The van der Waals surface area contributed by atoms with E-state index >= 15 is 0 Å². The summed E-state index contributed by atoms with van der Waals surface area (Å²) < 4.78 is 5.52. The second-order valence-electron chi connectivity index (χ2n) is 6.89. The van der Waals surface area contributed by atoms with Crippen molar-refractivity contribution in [3.8, 4) is 5.88 Å². The molecule has 0 radical (unpaired) electrons. The molecule has 27 heavy (non-hydrogen) atoms. The molecule has 7 heteroatoms. The molecule has 1 aliphatic rings. The number of ether oxygens (including phenoxy) is 1. The Bertz CT molecular complexity index is 530. The first-order valence-electron chi connectivity index (χ1n) is 10.0. The van der Waals surface area contributed by atoms with Gasteiger partial charge in [-0.1, -0.05) is 26.3 Å². The minimum atomic E-state index is 0. The number of likely N-dealkylation sites (tertiary alicyclic amines) is 1. The summed E-state index contributed by atoms with van der Waals surface area (Å²) in [6, 6.07) is 4.47. The minimum absolute atomic E-state index is 0. The third-order valence-electron chi connectivity index (χ3n) is 4.69. The van der Waals surface area contributed by atoms with E-state index in [0.29, 0.717) is 25.1 Å². The molecular formula is C20H36IN5O. The molecule has 0 unspecified atom stereocenters. The Kier molecular flexibility index (Phi) is 12.4. The summed E-state index contributed by atoms with van der Waals surface area (Å²) in [5.41, 5.74) is 1.12. The number of unbranched alkanes of at least 4 members (excludes halogenated alkanes) is 1. The maximum absolute atomic E-state index is 5.52. The van der Waals surface area contributed by atoms with Crippen molar-refractivity contribution in [3.05, 3.63) is 23.9 Å². The Morgan fingerprint density at radius 1 is 1.26 bits per heavy atom. The van der Waals surface area contributed by atoms with Crippen molar-refractivity contribution in [2.45, 2.75) is 58.5 Å². The zero-order valence-electron chi connectivity index (χ0n) is 17.0. The Hall–Kier alpha value is -1.09. The molecule has 1 fully saturated rings. The van der Waals surface area contributed by atoms with Crippen LogP contribution in [-0.2, 0) is 6.54 Å². The Balaban J connectivity index is 0.00000364. The Morgan fingerprint density at radius 3 is 2.63 bits per heavy atom. The summed E-state index contributed by atoms with van der Waals surface area (Å²) in [5.74, 6) is 1.55. The lowest BCUT2D eigenvalue weighted by molar-refractivity contribution is 0.203. The number of halogens is 1. The highest BCUT2D eigenvalue weighted by Gasteiger charge is 2.19. The van der Waals surface area contributed by atoms with Crippen LogP contribution in [0, 0.1) is 0 Å². The van der Waals surface area contributed by atoms with Gasteiger partial charge in [-0.15, -0.1) is 24.0 Å². The molecule has 154 valence electrons. The van der Waals surface area contributed by atoms with Crippen LogP contribution in [0.5, 0.6) is 5.88 Å². The highest BCUT2D eigenvalue weighted by Crippen LogP contribution is 2.11. The second-order valence-corrected chi connectivity index (χ2v) is 6.89. The average Bonchev–Trinajstić information content (AvgIpc) is 2.69. The van der Waals surface area contributed by atoms with E-state index in [-0.39, 0.29) is 24.0 Å². The third kappa shape index (κ3) is 9.10. The van der Waals surface area contributed by atoms with Gasteiger partial charge in [0.15, 0.2) is 5.96 Å². The number of aliphatic imine (C=N–C) groups is 1. The van der Waals surface area contributed by atoms with Gasteiger partial charge in [0.2, 0.25) is 5.88 Å². The van der Waals surface area contributed by atoms with Gasteiger partial charge < -0.3 is 20.3 Å². The van der Waals surface area contributed by atoms with E-state index in [1.165, 1.54) is 45.3 Å². The third-order valence-corrected chi connectivity index (χ3v) is 4.69. The maximum Gasteiger partial charge on any atom is 0.213 e. The van der Waals surface area contributed by atoms with E-state index < -0.39 is 0 Å². The van der Waals surface area contributed by atoms with E-state index in [1.54, 1.807) is 0 Å². The summed E-state index contributed by atoms with van der Waals surface area (Å²) >= 11 is 0. The van der Waals surface area contributed by atoms with Gasteiger partial charge in [0.25, 0.3) is 0 Å². The highest BCUT2D eigenvalue weighted by atomic mass is 127. The van der Waals surface area contributed by atoms with Gasteiger partial charge in [-0.2, -0.15) is 0 Å². The van der Waals surface area contributed by atoms with Crippen LogP contribution >= 0.6 is 24.0 Å². The summed E-state index contributed by atoms with van der Waals surface area (Å²) in [5, 5.41) is 6.94. The van der Waals surface area contributed by atoms with Gasteiger partial charge in [-0.25, -0.2) is 4.98 Å². The van der Waals surface area contributed by atoms with Crippen molar-refractivity contribution in [1.29, 1.82) is 0 Å². The van der Waals surface area contributed by atoms with E-state index in [0.717, 1.165) is 17.9 Å². The molecule has 2 rings (SSSR count). The Morgan fingerprint density at radius 2 is 2.04 bits per heavy atom. The molecule has 6 nitrogen and oxygen atoms in total.